The minimum absolute atomic E-state index is 0.00195. The number of rotatable bonds is 14. The van der Waals surface area contributed by atoms with Crippen LogP contribution in [0.3, 0.4) is 0 Å². The largest absolute Gasteiger partial charge is 0.459 e. The molecule has 0 fully saturated rings. The second-order valence-electron chi connectivity index (χ2n) is 5.76. The van der Waals surface area contributed by atoms with Crippen LogP contribution in [0.1, 0.15) is 39.5 Å². The van der Waals surface area contributed by atoms with E-state index in [4.69, 9.17) is 9.47 Å². The molecule has 0 spiro atoms. The number of thioether (sulfide) groups is 2. The van der Waals surface area contributed by atoms with Crippen molar-refractivity contribution < 1.29 is 28.7 Å². The van der Waals surface area contributed by atoms with Crippen LogP contribution in [0.25, 0.3) is 0 Å². The first-order valence-corrected chi connectivity index (χ1v) is 10.8. The summed E-state index contributed by atoms with van der Waals surface area (Å²) in [6.07, 6.45) is 6.42. The normalized spacial score (nSPS) is 12.8. The second-order valence-corrected chi connectivity index (χ2v) is 8.30. The molecule has 0 bridgehead atoms. The predicted octanol–water partition coefficient (Wildman–Crippen LogP) is 3.86. The van der Waals surface area contributed by atoms with Crippen LogP contribution in [0.4, 0.5) is 0 Å². The van der Waals surface area contributed by atoms with Gasteiger partial charge in [-0.3, -0.25) is 9.59 Å². The summed E-state index contributed by atoms with van der Waals surface area (Å²) < 4.78 is 10.6. The van der Waals surface area contributed by atoms with Crippen molar-refractivity contribution >= 4 is 45.7 Å². The summed E-state index contributed by atoms with van der Waals surface area (Å²) in [5.41, 5.74) is 0. The Hall–Kier alpha value is -1.80. The molecule has 2 unspecified atom stereocenters. The van der Waals surface area contributed by atoms with Gasteiger partial charge in [-0.05, 0) is 12.8 Å². The van der Waals surface area contributed by atoms with E-state index in [0.717, 1.165) is 35.7 Å². The van der Waals surface area contributed by atoms with Gasteiger partial charge in [0.2, 0.25) is 0 Å². The highest BCUT2D eigenvalue weighted by Crippen LogP contribution is 2.13. The minimum Gasteiger partial charge on any atom is -0.459 e. The minimum atomic E-state index is -0.663. The zero-order valence-electron chi connectivity index (χ0n) is 16.4. The van der Waals surface area contributed by atoms with Crippen LogP contribution < -0.4 is 0 Å². The molecule has 8 heteroatoms. The summed E-state index contributed by atoms with van der Waals surface area (Å²) in [6.45, 7) is 10.2. The molecule has 0 heterocycles. The number of carbonyl (C=O) groups is 4. The van der Waals surface area contributed by atoms with E-state index in [-0.39, 0.29) is 10.2 Å². The van der Waals surface area contributed by atoms with Crippen LogP contribution >= 0.6 is 23.5 Å². The van der Waals surface area contributed by atoms with Gasteiger partial charge in [0.25, 0.3) is 0 Å². The number of carbonyl (C=O) groups excluding carboxylic acids is 4. The first-order chi connectivity index (χ1) is 13.3. The van der Waals surface area contributed by atoms with E-state index < -0.39 is 24.1 Å². The van der Waals surface area contributed by atoms with Gasteiger partial charge in [-0.15, -0.1) is 13.2 Å². The van der Waals surface area contributed by atoms with E-state index in [0.29, 0.717) is 37.2 Å². The maximum absolute atomic E-state index is 11.9. The summed E-state index contributed by atoms with van der Waals surface area (Å²) in [5.74, 6) is -0.254. The molecule has 0 rings (SSSR count). The molecule has 6 nitrogen and oxygen atoms in total. The summed E-state index contributed by atoms with van der Waals surface area (Å²) in [4.78, 5) is 45.7. The standard InChI is InChI=1S/C20H28O6S2/c1-5-7-17(11-13-27-15(3)21)25-19(23)9-10-20(24)26-18(8-6-2)12-14-28-16(4)22/h5-6,9-10,17-18H,1-2,7-8,11-14H2,3-4H3/b10-9-. The Labute approximate surface area is 175 Å². The maximum atomic E-state index is 11.9. The van der Waals surface area contributed by atoms with Crippen LogP contribution in [0.15, 0.2) is 37.5 Å². The monoisotopic (exact) mass is 428 g/mol. The Balaban J connectivity index is 4.50. The summed E-state index contributed by atoms with van der Waals surface area (Å²) in [7, 11) is 0. The van der Waals surface area contributed by atoms with Crippen LogP contribution in [-0.2, 0) is 28.7 Å². The lowest BCUT2D eigenvalue weighted by molar-refractivity contribution is -0.145. The van der Waals surface area contributed by atoms with Gasteiger partial charge in [0.1, 0.15) is 12.2 Å². The lowest BCUT2D eigenvalue weighted by atomic mass is 10.2. The molecular formula is C20H28O6S2. The first-order valence-electron chi connectivity index (χ1n) is 8.86. The van der Waals surface area contributed by atoms with E-state index in [1.54, 1.807) is 12.2 Å². The van der Waals surface area contributed by atoms with Crippen LogP contribution in [0, 0.1) is 0 Å². The molecule has 0 aromatic carbocycles. The van der Waals surface area contributed by atoms with Crippen molar-refractivity contribution in [2.24, 2.45) is 0 Å². The Kier molecular flexibility index (Phi) is 15.1. The molecule has 0 aromatic heterocycles. The molecule has 28 heavy (non-hydrogen) atoms. The molecular weight excluding hydrogens is 400 g/mol. The lowest BCUT2D eigenvalue weighted by Crippen LogP contribution is -2.19. The molecule has 0 radical (unpaired) electrons. The molecule has 0 saturated carbocycles. The fraction of sp³-hybridized carbons (Fsp3) is 0.500. The fourth-order valence-corrected chi connectivity index (χ4v) is 3.37. The van der Waals surface area contributed by atoms with Crippen molar-refractivity contribution in [2.45, 2.75) is 51.7 Å². The second kappa shape index (κ2) is 16.2. The number of esters is 2. The van der Waals surface area contributed by atoms with E-state index in [9.17, 15) is 19.2 Å². The summed E-state index contributed by atoms with van der Waals surface area (Å²) >= 11 is 2.33. The highest BCUT2D eigenvalue weighted by Gasteiger charge is 2.14. The quantitative estimate of drug-likeness (QED) is 0.234. The molecule has 156 valence electrons. The topological polar surface area (TPSA) is 86.7 Å². The van der Waals surface area contributed by atoms with Crippen molar-refractivity contribution in [1.82, 2.24) is 0 Å². The van der Waals surface area contributed by atoms with Gasteiger partial charge in [0.05, 0.1) is 0 Å². The van der Waals surface area contributed by atoms with Crippen LogP contribution in [0.5, 0.6) is 0 Å². The Morgan fingerprint density at radius 1 is 0.786 bits per heavy atom. The van der Waals surface area contributed by atoms with Gasteiger partial charge in [-0.1, -0.05) is 35.7 Å². The van der Waals surface area contributed by atoms with E-state index in [1.807, 2.05) is 0 Å². The zero-order chi connectivity index (χ0) is 21.4. The third-order valence-electron chi connectivity index (χ3n) is 3.27. The average molecular weight is 429 g/mol. The van der Waals surface area contributed by atoms with Gasteiger partial charge in [-0.2, -0.15) is 0 Å². The fourth-order valence-electron chi connectivity index (χ4n) is 2.03. The third-order valence-corrected chi connectivity index (χ3v) is 4.96. The number of hydrogen-bond donors (Lipinski definition) is 0. The molecule has 0 aliphatic rings. The average Bonchev–Trinajstić information content (AvgIpc) is 2.59. The maximum Gasteiger partial charge on any atom is 0.331 e. The van der Waals surface area contributed by atoms with Crippen molar-refractivity contribution in [3.8, 4) is 0 Å². The van der Waals surface area contributed by atoms with Gasteiger partial charge in [0.15, 0.2) is 10.2 Å². The molecule has 0 amide bonds. The SMILES string of the molecule is C=CCC(CCSC(C)=O)OC(=O)/C=C\C(=O)OC(CC=C)CCSC(C)=O. The Morgan fingerprint density at radius 3 is 1.43 bits per heavy atom. The molecule has 0 aliphatic carbocycles. The van der Waals surface area contributed by atoms with Crippen molar-refractivity contribution in [3.05, 3.63) is 37.5 Å². The molecule has 0 aromatic rings. The zero-order valence-corrected chi connectivity index (χ0v) is 18.0. The molecule has 0 saturated heterocycles. The summed E-state index contributed by atoms with van der Waals surface area (Å²) in [6, 6.07) is 0. The number of hydrogen-bond acceptors (Lipinski definition) is 8. The highest BCUT2D eigenvalue weighted by molar-refractivity contribution is 8.13. The lowest BCUT2D eigenvalue weighted by Gasteiger charge is -2.15. The van der Waals surface area contributed by atoms with E-state index in [2.05, 4.69) is 13.2 Å². The van der Waals surface area contributed by atoms with Crippen molar-refractivity contribution in [3.63, 3.8) is 0 Å². The van der Waals surface area contributed by atoms with Crippen molar-refractivity contribution in [1.29, 1.82) is 0 Å². The third kappa shape index (κ3) is 15.3. The van der Waals surface area contributed by atoms with Gasteiger partial charge < -0.3 is 9.47 Å². The Morgan fingerprint density at radius 2 is 1.14 bits per heavy atom. The molecule has 2 atom stereocenters. The van der Waals surface area contributed by atoms with Gasteiger partial charge in [-0.25, -0.2) is 9.59 Å². The van der Waals surface area contributed by atoms with Crippen LogP contribution in [-0.4, -0.2) is 45.9 Å². The predicted molar refractivity (Wildman–Crippen MR) is 114 cm³/mol. The van der Waals surface area contributed by atoms with Gasteiger partial charge in [0, 0.05) is 50.3 Å². The van der Waals surface area contributed by atoms with Crippen LogP contribution in [0.2, 0.25) is 0 Å². The number of ether oxygens (including phenoxy) is 2. The first kappa shape index (κ1) is 26.2. The smallest absolute Gasteiger partial charge is 0.331 e. The van der Waals surface area contributed by atoms with E-state index in [1.165, 1.54) is 13.8 Å². The molecule has 0 N–H and O–H groups in total. The van der Waals surface area contributed by atoms with Gasteiger partial charge >= 0.3 is 11.9 Å². The van der Waals surface area contributed by atoms with Crippen molar-refractivity contribution in [2.75, 3.05) is 11.5 Å². The highest BCUT2D eigenvalue weighted by atomic mass is 32.2. The molecule has 0 aliphatic heterocycles. The summed E-state index contributed by atoms with van der Waals surface area (Å²) in [5, 5.41) is 0.00389. The van der Waals surface area contributed by atoms with E-state index >= 15 is 0 Å². The Bertz CT molecular complexity index is 535.